The molecule has 0 atom stereocenters. The fourth-order valence-corrected chi connectivity index (χ4v) is 2.01. The Bertz CT molecular complexity index is 700. The minimum atomic E-state index is -0.690. The minimum Gasteiger partial charge on any atom is -0.457 e. The second-order valence-electron chi connectivity index (χ2n) is 4.49. The molecule has 21 heavy (non-hydrogen) atoms. The summed E-state index contributed by atoms with van der Waals surface area (Å²) in [5.41, 5.74) is 1.67. The van der Waals surface area contributed by atoms with Crippen LogP contribution in [0.15, 0.2) is 42.5 Å². The standard InChI is InChI=1S/C15H12ClNO4/c1-10-3-2-4-11(7-10)9-21-15(18)13-8-12(17(19)20)5-6-14(13)16/h2-8H,9H2,1H3. The Kier molecular flexibility index (Phi) is 4.55. The highest BCUT2D eigenvalue weighted by Crippen LogP contribution is 2.23. The Hall–Kier alpha value is -2.40. The van der Waals surface area contributed by atoms with Crippen molar-refractivity contribution in [1.82, 2.24) is 0 Å². The zero-order chi connectivity index (χ0) is 15.4. The van der Waals surface area contributed by atoms with Crippen LogP contribution in [0.2, 0.25) is 5.02 Å². The Morgan fingerprint density at radius 3 is 2.71 bits per heavy atom. The molecule has 0 aliphatic rings. The first kappa shape index (κ1) is 15.0. The van der Waals surface area contributed by atoms with Gasteiger partial charge in [0.05, 0.1) is 15.5 Å². The smallest absolute Gasteiger partial charge is 0.340 e. The molecule has 6 heteroatoms. The SMILES string of the molecule is Cc1cccc(COC(=O)c2cc([N+](=O)[O-])ccc2Cl)c1. The van der Waals surface area contributed by atoms with Gasteiger partial charge in [0.15, 0.2) is 0 Å². The van der Waals surface area contributed by atoms with Crippen LogP contribution in [-0.4, -0.2) is 10.9 Å². The van der Waals surface area contributed by atoms with Gasteiger partial charge in [0, 0.05) is 12.1 Å². The van der Waals surface area contributed by atoms with E-state index < -0.39 is 10.9 Å². The predicted molar refractivity (Wildman–Crippen MR) is 78.4 cm³/mol. The lowest BCUT2D eigenvalue weighted by Gasteiger charge is -2.07. The Balaban J connectivity index is 2.13. The Labute approximate surface area is 126 Å². The molecule has 0 aromatic heterocycles. The number of nitro benzene ring substituents is 1. The number of nitro groups is 1. The molecule has 0 heterocycles. The summed E-state index contributed by atoms with van der Waals surface area (Å²) in [7, 11) is 0. The number of carbonyl (C=O) groups is 1. The van der Waals surface area contributed by atoms with Crippen LogP contribution in [-0.2, 0) is 11.3 Å². The summed E-state index contributed by atoms with van der Waals surface area (Å²) in [5, 5.41) is 10.8. The van der Waals surface area contributed by atoms with Crippen molar-refractivity contribution in [2.24, 2.45) is 0 Å². The maximum Gasteiger partial charge on any atom is 0.340 e. The molecular weight excluding hydrogens is 294 g/mol. The van der Waals surface area contributed by atoms with Crippen molar-refractivity contribution in [2.45, 2.75) is 13.5 Å². The minimum absolute atomic E-state index is 0.0153. The fourth-order valence-electron chi connectivity index (χ4n) is 1.81. The average Bonchev–Trinajstić information content (AvgIpc) is 2.45. The number of hydrogen-bond donors (Lipinski definition) is 0. The topological polar surface area (TPSA) is 69.4 Å². The van der Waals surface area contributed by atoms with Crippen LogP contribution in [0.3, 0.4) is 0 Å². The molecule has 0 bridgehead atoms. The van der Waals surface area contributed by atoms with Gasteiger partial charge >= 0.3 is 5.97 Å². The number of carbonyl (C=O) groups excluding carboxylic acids is 1. The van der Waals surface area contributed by atoms with E-state index >= 15 is 0 Å². The van der Waals surface area contributed by atoms with Crippen molar-refractivity contribution in [1.29, 1.82) is 0 Å². The van der Waals surface area contributed by atoms with Gasteiger partial charge in [-0.2, -0.15) is 0 Å². The molecule has 0 spiro atoms. The van der Waals surface area contributed by atoms with Crippen LogP contribution in [0.4, 0.5) is 5.69 Å². The molecule has 108 valence electrons. The first-order valence-electron chi connectivity index (χ1n) is 6.14. The molecule has 5 nitrogen and oxygen atoms in total. The maximum atomic E-state index is 12.0. The molecule has 0 unspecified atom stereocenters. The van der Waals surface area contributed by atoms with Gasteiger partial charge in [0.1, 0.15) is 6.61 Å². The van der Waals surface area contributed by atoms with Crippen molar-refractivity contribution in [3.05, 3.63) is 74.3 Å². The zero-order valence-corrected chi connectivity index (χ0v) is 12.0. The lowest BCUT2D eigenvalue weighted by Crippen LogP contribution is -2.06. The number of rotatable bonds is 4. The molecule has 0 fully saturated rings. The number of hydrogen-bond acceptors (Lipinski definition) is 4. The molecular formula is C15H12ClNO4. The van der Waals surface area contributed by atoms with Crippen LogP contribution >= 0.6 is 11.6 Å². The average molecular weight is 306 g/mol. The molecule has 0 amide bonds. The molecule has 0 saturated carbocycles. The number of halogens is 1. The van der Waals surface area contributed by atoms with Crippen LogP contribution in [0, 0.1) is 17.0 Å². The normalized spacial score (nSPS) is 10.2. The van der Waals surface area contributed by atoms with Crippen LogP contribution in [0.1, 0.15) is 21.5 Å². The summed E-state index contributed by atoms with van der Waals surface area (Å²) in [5.74, 6) is -0.690. The van der Waals surface area contributed by atoms with Crippen LogP contribution < -0.4 is 0 Å². The van der Waals surface area contributed by atoms with Crippen molar-refractivity contribution < 1.29 is 14.5 Å². The second kappa shape index (κ2) is 6.37. The van der Waals surface area contributed by atoms with Crippen LogP contribution in [0.5, 0.6) is 0 Å². The molecule has 0 radical (unpaired) electrons. The van der Waals surface area contributed by atoms with E-state index in [-0.39, 0.29) is 22.9 Å². The maximum absolute atomic E-state index is 12.0. The highest BCUT2D eigenvalue weighted by atomic mass is 35.5. The van der Waals surface area contributed by atoms with E-state index in [9.17, 15) is 14.9 Å². The van der Waals surface area contributed by atoms with E-state index in [0.29, 0.717) is 0 Å². The van der Waals surface area contributed by atoms with Gasteiger partial charge in [-0.05, 0) is 18.6 Å². The highest BCUT2D eigenvalue weighted by molar-refractivity contribution is 6.33. The van der Waals surface area contributed by atoms with Gasteiger partial charge in [-0.1, -0.05) is 41.4 Å². The number of ether oxygens (including phenoxy) is 1. The van der Waals surface area contributed by atoms with Gasteiger partial charge in [0.25, 0.3) is 5.69 Å². The molecule has 0 aliphatic heterocycles. The number of benzene rings is 2. The van der Waals surface area contributed by atoms with Crippen molar-refractivity contribution in [3.8, 4) is 0 Å². The number of non-ortho nitro benzene ring substituents is 1. The first-order chi connectivity index (χ1) is 9.97. The number of aryl methyl sites for hydroxylation is 1. The van der Waals surface area contributed by atoms with E-state index in [1.54, 1.807) is 0 Å². The molecule has 0 aliphatic carbocycles. The number of esters is 1. The van der Waals surface area contributed by atoms with Crippen LogP contribution in [0.25, 0.3) is 0 Å². The monoisotopic (exact) mass is 305 g/mol. The van der Waals surface area contributed by atoms with Gasteiger partial charge < -0.3 is 4.74 Å². The summed E-state index contributed by atoms with van der Waals surface area (Å²) in [6.45, 7) is 2.02. The predicted octanol–water partition coefficient (Wildman–Crippen LogP) is 3.91. The summed E-state index contributed by atoms with van der Waals surface area (Å²) >= 11 is 5.88. The van der Waals surface area contributed by atoms with Crippen molar-refractivity contribution >= 4 is 23.3 Å². The van der Waals surface area contributed by atoms with E-state index in [0.717, 1.165) is 17.2 Å². The summed E-state index contributed by atoms with van der Waals surface area (Å²) in [6.07, 6.45) is 0. The summed E-state index contributed by atoms with van der Waals surface area (Å²) in [4.78, 5) is 22.1. The molecule has 0 saturated heterocycles. The van der Waals surface area contributed by atoms with Crippen molar-refractivity contribution in [3.63, 3.8) is 0 Å². The third-order valence-electron chi connectivity index (χ3n) is 2.83. The largest absolute Gasteiger partial charge is 0.457 e. The van der Waals surface area contributed by atoms with E-state index in [1.807, 2.05) is 31.2 Å². The van der Waals surface area contributed by atoms with Gasteiger partial charge in [-0.3, -0.25) is 10.1 Å². The van der Waals surface area contributed by atoms with E-state index in [4.69, 9.17) is 16.3 Å². The Morgan fingerprint density at radius 1 is 1.29 bits per heavy atom. The highest BCUT2D eigenvalue weighted by Gasteiger charge is 2.17. The van der Waals surface area contributed by atoms with E-state index in [2.05, 4.69) is 0 Å². The lowest BCUT2D eigenvalue weighted by molar-refractivity contribution is -0.384. The molecule has 2 rings (SSSR count). The fraction of sp³-hybridized carbons (Fsp3) is 0.133. The third-order valence-corrected chi connectivity index (χ3v) is 3.16. The molecule has 2 aromatic carbocycles. The first-order valence-corrected chi connectivity index (χ1v) is 6.52. The quantitative estimate of drug-likeness (QED) is 0.488. The third kappa shape index (κ3) is 3.79. The molecule has 2 aromatic rings. The second-order valence-corrected chi connectivity index (χ2v) is 4.89. The summed E-state index contributed by atoms with van der Waals surface area (Å²) in [6, 6.07) is 11.2. The summed E-state index contributed by atoms with van der Waals surface area (Å²) < 4.78 is 5.14. The number of nitrogens with zero attached hydrogens (tertiary/aromatic N) is 1. The van der Waals surface area contributed by atoms with Gasteiger partial charge in [0.2, 0.25) is 0 Å². The van der Waals surface area contributed by atoms with Gasteiger partial charge in [-0.15, -0.1) is 0 Å². The van der Waals surface area contributed by atoms with Crippen molar-refractivity contribution in [2.75, 3.05) is 0 Å². The van der Waals surface area contributed by atoms with Gasteiger partial charge in [-0.25, -0.2) is 4.79 Å². The molecule has 0 N–H and O–H groups in total. The Morgan fingerprint density at radius 2 is 2.05 bits per heavy atom. The van der Waals surface area contributed by atoms with E-state index in [1.165, 1.54) is 12.1 Å². The lowest BCUT2D eigenvalue weighted by atomic mass is 10.1. The zero-order valence-electron chi connectivity index (χ0n) is 11.2.